The van der Waals surface area contributed by atoms with Crippen molar-refractivity contribution in [2.24, 2.45) is 5.92 Å². The molecule has 1 atom stereocenters. The van der Waals surface area contributed by atoms with Crippen LogP contribution in [0.3, 0.4) is 0 Å². The monoisotopic (exact) mass is 239 g/mol. The van der Waals surface area contributed by atoms with Crippen molar-refractivity contribution in [2.75, 3.05) is 6.61 Å². The topological polar surface area (TPSA) is 50.1 Å². The predicted molar refractivity (Wildman–Crippen MR) is 69.7 cm³/mol. The third kappa shape index (κ3) is 4.48. The molecule has 1 heterocycles. The van der Waals surface area contributed by atoms with Gasteiger partial charge in [-0.2, -0.15) is 0 Å². The summed E-state index contributed by atoms with van der Waals surface area (Å²) in [6.07, 6.45) is 5.79. The Bertz CT molecular complexity index is 309. The zero-order valence-corrected chi connectivity index (χ0v) is 11.2. The lowest BCUT2D eigenvalue weighted by Crippen LogP contribution is -2.35. The lowest BCUT2D eigenvalue weighted by molar-refractivity contribution is 0.243. The molecule has 1 rings (SSSR count). The molecule has 0 saturated heterocycles. The summed E-state index contributed by atoms with van der Waals surface area (Å²) >= 11 is 0. The van der Waals surface area contributed by atoms with Crippen LogP contribution >= 0.6 is 0 Å². The average Bonchev–Trinajstić information content (AvgIpc) is 2.72. The van der Waals surface area contributed by atoms with E-state index in [4.69, 9.17) is 5.11 Å². The molecule has 0 aliphatic carbocycles. The summed E-state index contributed by atoms with van der Waals surface area (Å²) in [5, 5.41) is 12.5. The van der Waals surface area contributed by atoms with E-state index in [2.05, 4.69) is 35.6 Å². The van der Waals surface area contributed by atoms with Gasteiger partial charge in [-0.3, -0.25) is 0 Å². The van der Waals surface area contributed by atoms with Crippen molar-refractivity contribution >= 4 is 0 Å². The molecule has 17 heavy (non-hydrogen) atoms. The van der Waals surface area contributed by atoms with Crippen LogP contribution in [0.5, 0.6) is 0 Å². The van der Waals surface area contributed by atoms with E-state index in [9.17, 15) is 0 Å². The van der Waals surface area contributed by atoms with Gasteiger partial charge in [-0.25, -0.2) is 4.98 Å². The first-order chi connectivity index (χ1) is 8.19. The first kappa shape index (κ1) is 14.2. The van der Waals surface area contributed by atoms with Crippen molar-refractivity contribution in [3.63, 3.8) is 0 Å². The van der Waals surface area contributed by atoms with Gasteiger partial charge in [0, 0.05) is 31.6 Å². The van der Waals surface area contributed by atoms with Gasteiger partial charge >= 0.3 is 0 Å². The Hall–Kier alpha value is -0.870. The zero-order valence-electron chi connectivity index (χ0n) is 11.2. The summed E-state index contributed by atoms with van der Waals surface area (Å²) in [6, 6.07) is 0.353. The molecule has 0 bridgehead atoms. The Balaban J connectivity index is 2.49. The third-order valence-electron chi connectivity index (χ3n) is 3.03. The second-order valence-corrected chi connectivity index (χ2v) is 4.78. The van der Waals surface area contributed by atoms with E-state index >= 15 is 0 Å². The first-order valence-corrected chi connectivity index (χ1v) is 6.53. The van der Waals surface area contributed by atoms with Gasteiger partial charge in [0.2, 0.25) is 0 Å². The number of imidazole rings is 1. The molecule has 98 valence electrons. The molecule has 0 saturated carbocycles. The maximum atomic E-state index is 9.02. The Morgan fingerprint density at radius 2 is 2.24 bits per heavy atom. The standard InChI is InChI=1S/C13H25N3O/c1-4-7-16-8-6-14-13(16)10-15-12(5-9-17)11(2)3/h6,8,11-12,15,17H,4-5,7,9-10H2,1-3H3. The van der Waals surface area contributed by atoms with Crippen LogP contribution in [0.1, 0.15) is 39.4 Å². The Kier molecular flexibility index (Phi) is 6.22. The fourth-order valence-corrected chi connectivity index (χ4v) is 1.98. The first-order valence-electron chi connectivity index (χ1n) is 6.53. The highest BCUT2D eigenvalue weighted by Crippen LogP contribution is 2.07. The number of rotatable bonds is 8. The molecule has 4 heteroatoms. The minimum atomic E-state index is 0.235. The maximum Gasteiger partial charge on any atom is 0.122 e. The summed E-state index contributed by atoms with van der Waals surface area (Å²) in [6.45, 7) is 8.54. The summed E-state index contributed by atoms with van der Waals surface area (Å²) in [5.74, 6) is 1.60. The van der Waals surface area contributed by atoms with Crippen LogP contribution in [0.2, 0.25) is 0 Å². The molecule has 0 fully saturated rings. The SMILES string of the molecule is CCCn1ccnc1CNC(CCO)C(C)C. The fourth-order valence-electron chi connectivity index (χ4n) is 1.98. The van der Waals surface area contributed by atoms with E-state index in [1.54, 1.807) is 0 Å². The summed E-state index contributed by atoms with van der Waals surface area (Å²) < 4.78 is 2.18. The highest BCUT2D eigenvalue weighted by atomic mass is 16.3. The van der Waals surface area contributed by atoms with Crippen molar-refractivity contribution in [1.82, 2.24) is 14.9 Å². The fraction of sp³-hybridized carbons (Fsp3) is 0.769. The number of aliphatic hydroxyl groups excluding tert-OH is 1. The number of aryl methyl sites for hydroxylation is 1. The Morgan fingerprint density at radius 3 is 2.82 bits per heavy atom. The Labute approximate surface area is 104 Å². The number of aromatic nitrogens is 2. The number of hydrogen-bond donors (Lipinski definition) is 2. The highest BCUT2D eigenvalue weighted by Gasteiger charge is 2.13. The molecule has 0 aliphatic rings. The molecule has 1 aromatic heterocycles. The number of hydrogen-bond acceptors (Lipinski definition) is 3. The van der Waals surface area contributed by atoms with Crippen LogP contribution in [0.15, 0.2) is 12.4 Å². The van der Waals surface area contributed by atoms with Crippen molar-refractivity contribution in [2.45, 2.75) is 52.7 Å². The van der Waals surface area contributed by atoms with E-state index in [0.29, 0.717) is 12.0 Å². The number of nitrogens with zero attached hydrogens (tertiary/aromatic N) is 2. The highest BCUT2D eigenvalue weighted by molar-refractivity contribution is 4.92. The minimum absolute atomic E-state index is 0.235. The second kappa shape index (κ2) is 7.45. The molecule has 2 N–H and O–H groups in total. The van der Waals surface area contributed by atoms with E-state index in [1.165, 1.54) is 0 Å². The van der Waals surface area contributed by atoms with Gasteiger partial charge in [0.05, 0.1) is 6.54 Å². The quantitative estimate of drug-likeness (QED) is 0.727. The Morgan fingerprint density at radius 1 is 1.47 bits per heavy atom. The van der Waals surface area contributed by atoms with Gasteiger partial charge in [0.15, 0.2) is 0 Å². The van der Waals surface area contributed by atoms with Gasteiger partial charge in [0.1, 0.15) is 5.82 Å². The van der Waals surface area contributed by atoms with E-state index in [1.807, 2.05) is 12.4 Å². The molecule has 0 amide bonds. The van der Waals surface area contributed by atoms with Crippen LogP contribution in [0.4, 0.5) is 0 Å². The summed E-state index contributed by atoms with van der Waals surface area (Å²) in [5.41, 5.74) is 0. The number of nitrogens with one attached hydrogen (secondary N) is 1. The van der Waals surface area contributed by atoms with Gasteiger partial charge in [-0.1, -0.05) is 20.8 Å². The van der Waals surface area contributed by atoms with Gasteiger partial charge < -0.3 is 15.0 Å². The van der Waals surface area contributed by atoms with Crippen molar-refractivity contribution in [3.05, 3.63) is 18.2 Å². The van der Waals surface area contributed by atoms with Gasteiger partial charge in [0.25, 0.3) is 0 Å². The van der Waals surface area contributed by atoms with Crippen molar-refractivity contribution in [1.29, 1.82) is 0 Å². The zero-order chi connectivity index (χ0) is 12.7. The smallest absolute Gasteiger partial charge is 0.122 e. The molecule has 0 aromatic carbocycles. The average molecular weight is 239 g/mol. The second-order valence-electron chi connectivity index (χ2n) is 4.78. The van der Waals surface area contributed by atoms with Crippen LogP contribution in [0, 0.1) is 5.92 Å². The minimum Gasteiger partial charge on any atom is -0.396 e. The largest absolute Gasteiger partial charge is 0.396 e. The number of aliphatic hydroxyl groups is 1. The van der Waals surface area contributed by atoms with Gasteiger partial charge in [-0.15, -0.1) is 0 Å². The van der Waals surface area contributed by atoms with Crippen LogP contribution in [0.25, 0.3) is 0 Å². The van der Waals surface area contributed by atoms with Crippen molar-refractivity contribution in [3.8, 4) is 0 Å². The lowest BCUT2D eigenvalue weighted by atomic mass is 10.0. The normalized spacial score (nSPS) is 13.2. The van der Waals surface area contributed by atoms with Crippen LogP contribution < -0.4 is 5.32 Å². The molecule has 0 radical (unpaired) electrons. The molecule has 0 spiro atoms. The molecule has 0 aliphatic heterocycles. The van der Waals surface area contributed by atoms with Crippen LogP contribution in [-0.2, 0) is 13.1 Å². The third-order valence-corrected chi connectivity index (χ3v) is 3.03. The molecular formula is C13H25N3O. The summed E-state index contributed by atoms with van der Waals surface area (Å²) in [7, 11) is 0. The lowest BCUT2D eigenvalue weighted by Gasteiger charge is -2.21. The molecule has 1 unspecified atom stereocenters. The molecule has 4 nitrogen and oxygen atoms in total. The predicted octanol–water partition coefficient (Wildman–Crippen LogP) is 1.79. The van der Waals surface area contributed by atoms with E-state index in [-0.39, 0.29) is 6.61 Å². The van der Waals surface area contributed by atoms with Gasteiger partial charge in [-0.05, 0) is 18.8 Å². The van der Waals surface area contributed by atoms with E-state index in [0.717, 1.165) is 31.8 Å². The van der Waals surface area contributed by atoms with Crippen molar-refractivity contribution < 1.29 is 5.11 Å². The van der Waals surface area contributed by atoms with E-state index < -0.39 is 0 Å². The molecular weight excluding hydrogens is 214 g/mol. The van der Waals surface area contributed by atoms with Crippen LogP contribution in [-0.4, -0.2) is 27.3 Å². The molecule has 1 aromatic rings. The maximum absolute atomic E-state index is 9.02. The summed E-state index contributed by atoms with van der Waals surface area (Å²) in [4.78, 5) is 4.36.